The van der Waals surface area contributed by atoms with E-state index >= 15 is 0 Å². The van der Waals surface area contributed by atoms with Gasteiger partial charge in [-0.15, -0.1) is 0 Å². The van der Waals surface area contributed by atoms with E-state index in [1.165, 1.54) is 0 Å². The van der Waals surface area contributed by atoms with Crippen molar-refractivity contribution >= 4 is 11.9 Å². The van der Waals surface area contributed by atoms with Gasteiger partial charge in [0.25, 0.3) is 0 Å². The smallest absolute Gasteiger partial charge is 0.244 e. The zero-order valence-corrected chi connectivity index (χ0v) is 8.90. The van der Waals surface area contributed by atoms with Crippen LogP contribution in [-0.4, -0.2) is 40.4 Å². The number of anilines is 1. The van der Waals surface area contributed by atoms with Crippen molar-refractivity contribution in [1.82, 2.24) is 14.9 Å². The molecule has 1 amide bonds. The Hall–Kier alpha value is -1.65. The Morgan fingerprint density at radius 1 is 1.60 bits per heavy atom. The second-order valence-electron chi connectivity index (χ2n) is 3.77. The SMILES string of the molecule is Cc1ccnc(NC2CCN(C)C2=O)n1. The van der Waals surface area contributed by atoms with Crippen LogP contribution in [-0.2, 0) is 4.79 Å². The summed E-state index contributed by atoms with van der Waals surface area (Å²) < 4.78 is 0. The van der Waals surface area contributed by atoms with Crippen LogP contribution in [0.5, 0.6) is 0 Å². The molecule has 2 heterocycles. The lowest BCUT2D eigenvalue weighted by atomic mass is 10.2. The molecule has 1 aromatic heterocycles. The Balaban J connectivity index is 2.06. The summed E-state index contributed by atoms with van der Waals surface area (Å²) in [5, 5.41) is 3.05. The number of carbonyl (C=O) groups excluding carboxylic acids is 1. The second kappa shape index (κ2) is 3.84. The molecule has 2 rings (SSSR count). The molecule has 0 saturated carbocycles. The Morgan fingerprint density at radius 3 is 3.00 bits per heavy atom. The number of hydrogen-bond acceptors (Lipinski definition) is 4. The molecule has 1 unspecified atom stereocenters. The van der Waals surface area contributed by atoms with Crippen molar-refractivity contribution in [3.05, 3.63) is 18.0 Å². The van der Waals surface area contributed by atoms with E-state index in [0.717, 1.165) is 18.7 Å². The third-order valence-corrected chi connectivity index (χ3v) is 2.53. The van der Waals surface area contributed by atoms with E-state index in [1.54, 1.807) is 18.1 Å². The number of aryl methyl sites for hydroxylation is 1. The predicted octanol–water partition coefficient (Wildman–Crippen LogP) is 0.428. The van der Waals surface area contributed by atoms with Gasteiger partial charge in [-0.25, -0.2) is 9.97 Å². The van der Waals surface area contributed by atoms with Crippen LogP contribution in [0.4, 0.5) is 5.95 Å². The number of nitrogens with zero attached hydrogens (tertiary/aromatic N) is 3. The highest BCUT2D eigenvalue weighted by atomic mass is 16.2. The molecule has 0 spiro atoms. The van der Waals surface area contributed by atoms with Crippen LogP contribution in [0.25, 0.3) is 0 Å². The second-order valence-corrected chi connectivity index (χ2v) is 3.77. The van der Waals surface area contributed by atoms with Gasteiger partial charge in [0.15, 0.2) is 0 Å². The molecule has 1 atom stereocenters. The topological polar surface area (TPSA) is 58.1 Å². The quantitative estimate of drug-likeness (QED) is 0.762. The highest BCUT2D eigenvalue weighted by Gasteiger charge is 2.29. The van der Waals surface area contributed by atoms with Gasteiger partial charge >= 0.3 is 0 Å². The molecule has 5 nitrogen and oxygen atoms in total. The van der Waals surface area contributed by atoms with Gasteiger partial charge in [0, 0.05) is 25.5 Å². The van der Waals surface area contributed by atoms with Gasteiger partial charge in [0.2, 0.25) is 11.9 Å². The minimum absolute atomic E-state index is 0.111. The molecule has 15 heavy (non-hydrogen) atoms. The lowest BCUT2D eigenvalue weighted by Gasteiger charge is -2.11. The predicted molar refractivity (Wildman–Crippen MR) is 56.4 cm³/mol. The zero-order valence-electron chi connectivity index (χ0n) is 8.90. The van der Waals surface area contributed by atoms with Crippen LogP contribution in [0.2, 0.25) is 0 Å². The number of amides is 1. The molecule has 1 fully saturated rings. The van der Waals surface area contributed by atoms with Crippen LogP contribution in [0.3, 0.4) is 0 Å². The van der Waals surface area contributed by atoms with E-state index in [0.29, 0.717) is 5.95 Å². The summed E-state index contributed by atoms with van der Waals surface area (Å²) in [5.74, 6) is 0.642. The molecule has 1 saturated heterocycles. The van der Waals surface area contributed by atoms with Gasteiger partial charge < -0.3 is 10.2 Å². The van der Waals surface area contributed by atoms with Gasteiger partial charge in [-0.2, -0.15) is 0 Å². The normalized spacial score (nSPS) is 20.8. The molecule has 1 aliphatic rings. The maximum Gasteiger partial charge on any atom is 0.244 e. The minimum atomic E-state index is -0.170. The fourth-order valence-electron chi connectivity index (χ4n) is 1.63. The number of rotatable bonds is 2. The standard InChI is InChI=1S/C10H14N4O/c1-7-3-5-11-10(12-7)13-8-4-6-14(2)9(8)15/h3,5,8H,4,6H2,1-2H3,(H,11,12,13). The van der Waals surface area contributed by atoms with Crippen molar-refractivity contribution in [2.24, 2.45) is 0 Å². The van der Waals surface area contributed by atoms with Crippen LogP contribution in [0.15, 0.2) is 12.3 Å². The van der Waals surface area contributed by atoms with Crippen molar-refractivity contribution in [2.45, 2.75) is 19.4 Å². The van der Waals surface area contributed by atoms with Crippen LogP contribution >= 0.6 is 0 Å². The van der Waals surface area contributed by atoms with Crippen LogP contribution in [0, 0.1) is 6.92 Å². The maximum atomic E-state index is 11.6. The first-order valence-corrected chi connectivity index (χ1v) is 4.98. The number of carbonyl (C=O) groups is 1. The molecular formula is C10H14N4O. The van der Waals surface area contributed by atoms with Crippen LogP contribution in [0.1, 0.15) is 12.1 Å². The zero-order chi connectivity index (χ0) is 10.8. The molecule has 1 aromatic rings. The van der Waals surface area contributed by atoms with Gasteiger partial charge in [0.1, 0.15) is 6.04 Å². The molecule has 0 radical (unpaired) electrons. The first-order chi connectivity index (χ1) is 7.16. The molecule has 0 aliphatic carbocycles. The van der Waals surface area contributed by atoms with E-state index < -0.39 is 0 Å². The summed E-state index contributed by atoms with van der Waals surface area (Å²) in [7, 11) is 1.81. The number of likely N-dealkylation sites (N-methyl/N-ethyl adjacent to an activating group) is 1. The van der Waals surface area contributed by atoms with Crippen molar-refractivity contribution in [3.63, 3.8) is 0 Å². The Bertz CT molecular complexity index is 379. The van der Waals surface area contributed by atoms with Gasteiger partial charge in [-0.1, -0.05) is 0 Å². The average molecular weight is 206 g/mol. The molecule has 0 aromatic carbocycles. The molecule has 1 N–H and O–H groups in total. The highest BCUT2D eigenvalue weighted by Crippen LogP contribution is 2.12. The largest absolute Gasteiger partial charge is 0.344 e. The number of hydrogen-bond donors (Lipinski definition) is 1. The van der Waals surface area contributed by atoms with Crippen LogP contribution < -0.4 is 5.32 Å². The number of nitrogens with one attached hydrogen (secondary N) is 1. The van der Waals surface area contributed by atoms with Gasteiger partial charge in [0.05, 0.1) is 0 Å². The Morgan fingerprint density at radius 2 is 2.40 bits per heavy atom. The van der Waals surface area contributed by atoms with Crippen molar-refractivity contribution in [2.75, 3.05) is 18.9 Å². The first kappa shape index (κ1) is 9.89. The van der Waals surface area contributed by atoms with Crippen molar-refractivity contribution in [1.29, 1.82) is 0 Å². The summed E-state index contributed by atoms with van der Waals surface area (Å²) in [6.07, 6.45) is 2.50. The first-order valence-electron chi connectivity index (χ1n) is 4.98. The fraction of sp³-hybridized carbons (Fsp3) is 0.500. The van der Waals surface area contributed by atoms with E-state index in [-0.39, 0.29) is 11.9 Å². The highest BCUT2D eigenvalue weighted by molar-refractivity contribution is 5.85. The van der Waals surface area contributed by atoms with Crippen molar-refractivity contribution < 1.29 is 4.79 Å². The number of likely N-dealkylation sites (tertiary alicyclic amines) is 1. The Kier molecular flexibility index (Phi) is 2.53. The van der Waals surface area contributed by atoms with E-state index in [2.05, 4.69) is 15.3 Å². The summed E-state index contributed by atoms with van der Waals surface area (Å²) in [6.45, 7) is 2.69. The monoisotopic (exact) mass is 206 g/mol. The summed E-state index contributed by atoms with van der Waals surface area (Å²) in [4.78, 5) is 21.6. The van der Waals surface area contributed by atoms with Gasteiger partial charge in [-0.05, 0) is 19.4 Å². The Labute approximate surface area is 88.5 Å². The summed E-state index contributed by atoms with van der Waals surface area (Å²) in [5.41, 5.74) is 0.895. The summed E-state index contributed by atoms with van der Waals surface area (Å²) >= 11 is 0. The number of aromatic nitrogens is 2. The van der Waals surface area contributed by atoms with E-state index in [4.69, 9.17) is 0 Å². The third-order valence-electron chi connectivity index (χ3n) is 2.53. The average Bonchev–Trinajstić information content (AvgIpc) is 2.50. The van der Waals surface area contributed by atoms with E-state index in [9.17, 15) is 4.79 Å². The molecule has 80 valence electrons. The van der Waals surface area contributed by atoms with Gasteiger partial charge in [-0.3, -0.25) is 4.79 Å². The lowest BCUT2D eigenvalue weighted by Crippen LogP contribution is -2.31. The molecule has 0 bridgehead atoms. The molecular weight excluding hydrogens is 192 g/mol. The van der Waals surface area contributed by atoms with Crippen molar-refractivity contribution in [3.8, 4) is 0 Å². The molecule has 1 aliphatic heterocycles. The molecule has 5 heteroatoms. The minimum Gasteiger partial charge on any atom is -0.344 e. The lowest BCUT2D eigenvalue weighted by molar-refractivity contribution is -0.127. The maximum absolute atomic E-state index is 11.6. The summed E-state index contributed by atoms with van der Waals surface area (Å²) in [6, 6.07) is 1.66. The van der Waals surface area contributed by atoms with E-state index in [1.807, 2.05) is 13.0 Å². The third kappa shape index (κ3) is 2.06. The fourth-order valence-corrected chi connectivity index (χ4v) is 1.63.